The summed E-state index contributed by atoms with van der Waals surface area (Å²) in [4.78, 5) is 49.4. The summed E-state index contributed by atoms with van der Waals surface area (Å²) in [7, 11) is 3.82. The van der Waals surface area contributed by atoms with Gasteiger partial charge in [-0.25, -0.2) is 0 Å². The molecule has 3 amide bonds. The molecule has 0 aromatic rings. The minimum Gasteiger partial charge on any atom is -0.366 e. The molecule has 3 heterocycles. The standard InChI is InChI=1S/C33H61N5O5/c1-22(2)26(36(10)30(41)27(32(3,4)5)34-28(39)23-15-11-12-18-35(23)9)21-37-19-13-16-24(37)29(40)38-20-14-17-25(38)31(42)43-33(6,7)8/h22-27,31,42H,11-21H2,1-10H3,(H,34,39)/t23?,24?,25-,26+,27?,31?/m0/s1. The van der Waals surface area contributed by atoms with Gasteiger partial charge in [-0.05, 0) is 90.8 Å². The van der Waals surface area contributed by atoms with E-state index in [0.29, 0.717) is 13.1 Å². The Balaban J connectivity index is 1.73. The number of amides is 3. The van der Waals surface area contributed by atoms with Crippen molar-refractivity contribution in [2.45, 2.75) is 142 Å². The summed E-state index contributed by atoms with van der Waals surface area (Å²) >= 11 is 0. The Labute approximate surface area is 260 Å². The number of likely N-dealkylation sites (tertiary alicyclic amines) is 3. The average molecular weight is 608 g/mol. The molecule has 43 heavy (non-hydrogen) atoms. The predicted molar refractivity (Wildman–Crippen MR) is 169 cm³/mol. The van der Waals surface area contributed by atoms with Crippen LogP contribution in [-0.2, 0) is 19.1 Å². The minimum absolute atomic E-state index is 0.0458. The molecule has 0 bridgehead atoms. The second kappa shape index (κ2) is 14.6. The van der Waals surface area contributed by atoms with Gasteiger partial charge in [-0.15, -0.1) is 0 Å². The number of carbonyl (C=O) groups excluding carboxylic acids is 3. The number of rotatable bonds is 10. The molecule has 0 spiro atoms. The highest BCUT2D eigenvalue weighted by atomic mass is 16.6. The molecule has 3 saturated heterocycles. The number of nitrogens with zero attached hydrogens (tertiary/aromatic N) is 4. The van der Waals surface area contributed by atoms with Crippen molar-refractivity contribution in [1.29, 1.82) is 0 Å². The topological polar surface area (TPSA) is 106 Å². The summed E-state index contributed by atoms with van der Waals surface area (Å²) in [5.41, 5.74) is -0.975. The van der Waals surface area contributed by atoms with Gasteiger partial charge >= 0.3 is 0 Å². The van der Waals surface area contributed by atoms with E-state index in [0.717, 1.165) is 58.0 Å². The van der Waals surface area contributed by atoms with Crippen molar-refractivity contribution in [2.24, 2.45) is 11.3 Å². The van der Waals surface area contributed by atoms with Gasteiger partial charge in [0.2, 0.25) is 17.7 Å². The molecule has 10 nitrogen and oxygen atoms in total. The van der Waals surface area contributed by atoms with E-state index < -0.39 is 23.3 Å². The summed E-state index contributed by atoms with van der Waals surface area (Å²) in [6.45, 7) is 18.8. The van der Waals surface area contributed by atoms with Crippen molar-refractivity contribution in [1.82, 2.24) is 24.9 Å². The van der Waals surface area contributed by atoms with Crippen LogP contribution >= 0.6 is 0 Å². The first-order valence-corrected chi connectivity index (χ1v) is 16.6. The summed E-state index contributed by atoms with van der Waals surface area (Å²) < 4.78 is 5.84. The van der Waals surface area contributed by atoms with Crippen molar-refractivity contribution >= 4 is 17.7 Å². The Hall–Kier alpha value is -1.75. The van der Waals surface area contributed by atoms with Crippen LogP contribution in [0.4, 0.5) is 0 Å². The van der Waals surface area contributed by atoms with Crippen LogP contribution in [0.3, 0.4) is 0 Å². The summed E-state index contributed by atoms with van der Waals surface area (Å²) in [6.07, 6.45) is 5.12. The number of hydrogen-bond donors (Lipinski definition) is 2. The number of piperidine rings is 1. The van der Waals surface area contributed by atoms with Gasteiger partial charge in [-0.3, -0.25) is 24.2 Å². The molecule has 248 valence electrons. The van der Waals surface area contributed by atoms with E-state index in [9.17, 15) is 19.5 Å². The molecule has 0 aromatic heterocycles. The Morgan fingerprint density at radius 3 is 2.14 bits per heavy atom. The number of aliphatic hydroxyl groups is 1. The maximum Gasteiger partial charge on any atom is 0.245 e. The number of ether oxygens (including phenoxy) is 1. The van der Waals surface area contributed by atoms with Crippen LogP contribution in [-0.4, -0.2) is 125 Å². The van der Waals surface area contributed by atoms with Gasteiger partial charge in [0.05, 0.1) is 23.7 Å². The quantitative estimate of drug-likeness (QED) is 0.368. The van der Waals surface area contributed by atoms with E-state index in [1.165, 1.54) is 0 Å². The second-order valence-corrected chi connectivity index (χ2v) is 15.6. The predicted octanol–water partition coefficient (Wildman–Crippen LogP) is 3.07. The molecular formula is C33H61N5O5. The van der Waals surface area contributed by atoms with Crippen LogP contribution < -0.4 is 5.32 Å². The van der Waals surface area contributed by atoms with Gasteiger partial charge in [-0.2, -0.15) is 0 Å². The van der Waals surface area contributed by atoms with E-state index in [-0.39, 0.29) is 47.8 Å². The number of likely N-dealkylation sites (N-methyl/N-ethyl adjacent to an activating group) is 2. The highest BCUT2D eigenvalue weighted by molar-refractivity contribution is 5.90. The van der Waals surface area contributed by atoms with Gasteiger partial charge < -0.3 is 25.0 Å². The van der Waals surface area contributed by atoms with Gasteiger partial charge in [0.25, 0.3) is 0 Å². The molecule has 3 aliphatic rings. The lowest BCUT2D eigenvalue weighted by Gasteiger charge is -2.41. The first-order chi connectivity index (χ1) is 19.9. The van der Waals surface area contributed by atoms with Crippen LogP contribution in [0.1, 0.15) is 100 Å². The molecule has 2 N–H and O–H groups in total. The van der Waals surface area contributed by atoms with Crippen molar-refractivity contribution in [3.63, 3.8) is 0 Å². The molecule has 4 unspecified atom stereocenters. The summed E-state index contributed by atoms with van der Waals surface area (Å²) in [5.74, 6) is 0.0206. The third-order valence-electron chi connectivity index (χ3n) is 9.54. The summed E-state index contributed by atoms with van der Waals surface area (Å²) in [6, 6.07) is -1.64. The van der Waals surface area contributed by atoms with Gasteiger partial charge in [0.1, 0.15) is 6.04 Å². The Morgan fingerprint density at radius 2 is 1.56 bits per heavy atom. The lowest BCUT2D eigenvalue weighted by molar-refractivity contribution is -0.195. The summed E-state index contributed by atoms with van der Waals surface area (Å²) in [5, 5.41) is 14.0. The van der Waals surface area contributed by atoms with E-state index in [1.807, 2.05) is 65.4 Å². The zero-order valence-corrected chi connectivity index (χ0v) is 28.7. The highest BCUT2D eigenvalue weighted by Crippen LogP contribution is 2.30. The molecular weight excluding hydrogens is 546 g/mol. The average Bonchev–Trinajstić information content (AvgIpc) is 3.57. The number of nitrogens with one attached hydrogen (secondary N) is 1. The smallest absolute Gasteiger partial charge is 0.245 e. The molecule has 3 aliphatic heterocycles. The van der Waals surface area contributed by atoms with Crippen LogP contribution in [0.25, 0.3) is 0 Å². The lowest BCUT2D eigenvalue weighted by Crippen LogP contribution is -2.61. The maximum absolute atomic E-state index is 14.1. The van der Waals surface area contributed by atoms with E-state index in [2.05, 4.69) is 29.0 Å². The molecule has 3 rings (SSSR count). The molecule has 0 aliphatic carbocycles. The molecule has 10 heteroatoms. The fraction of sp³-hybridized carbons (Fsp3) is 0.909. The number of carbonyl (C=O) groups is 3. The maximum atomic E-state index is 14.1. The normalized spacial score (nSPS) is 26.4. The third-order valence-corrected chi connectivity index (χ3v) is 9.54. The van der Waals surface area contributed by atoms with Crippen molar-refractivity contribution in [3.05, 3.63) is 0 Å². The highest BCUT2D eigenvalue weighted by Gasteiger charge is 2.44. The van der Waals surface area contributed by atoms with Crippen molar-refractivity contribution < 1.29 is 24.2 Å². The zero-order valence-electron chi connectivity index (χ0n) is 28.7. The van der Waals surface area contributed by atoms with Crippen molar-refractivity contribution in [3.8, 4) is 0 Å². The van der Waals surface area contributed by atoms with E-state index >= 15 is 0 Å². The Morgan fingerprint density at radius 1 is 0.930 bits per heavy atom. The lowest BCUT2D eigenvalue weighted by atomic mass is 9.84. The number of hydrogen-bond acceptors (Lipinski definition) is 7. The Bertz CT molecular complexity index is 960. The van der Waals surface area contributed by atoms with Gasteiger partial charge in [0.15, 0.2) is 6.29 Å². The molecule has 3 fully saturated rings. The van der Waals surface area contributed by atoms with E-state index in [4.69, 9.17) is 4.74 Å². The minimum atomic E-state index is -1.02. The van der Waals surface area contributed by atoms with E-state index in [1.54, 1.807) is 0 Å². The SMILES string of the molecule is CC(C)[C@@H](CN1CCCC1C(=O)N1CCC[C@H]1C(O)OC(C)(C)C)N(C)C(=O)C(NC(=O)C1CCCCN1C)C(C)(C)C. The first-order valence-electron chi connectivity index (χ1n) is 16.6. The molecule has 0 saturated carbocycles. The molecule has 0 aromatic carbocycles. The largest absolute Gasteiger partial charge is 0.366 e. The van der Waals surface area contributed by atoms with Gasteiger partial charge in [0, 0.05) is 26.2 Å². The fourth-order valence-corrected chi connectivity index (χ4v) is 7.00. The van der Waals surface area contributed by atoms with Crippen LogP contribution in [0, 0.1) is 11.3 Å². The molecule has 0 radical (unpaired) electrons. The molecule has 6 atom stereocenters. The fourth-order valence-electron chi connectivity index (χ4n) is 7.00. The third kappa shape index (κ3) is 9.14. The Kier molecular flexibility index (Phi) is 12.1. The van der Waals surface area contributed by atoms with Crippen molar-refractivity contribution in [2.75, 3.05) is 40.3 Å². The van der Waals surface area contributed by atoms with Crippen LogP contribution in [0.5, 0.6) is 0 Å². The zero-order chi connectivity index (χ0) is 32.3. The van der Waals surface area contributed by atoms with Crippen LogP contribution in [0.15, 0.2) is 0 Å². The number of aliphatic hydroxyl groups excluding tert-OH is 1. The van der Waals surface area contributed by atoms with Gasteiger partial charge in [-0.1, -0.05) is 41.0 Å². The first kappa shape index (κ1) is 35.7. The second-order valence-electron chi connectivity index (χ2n) is 15.6. The monoisotopic (exact) mass is 607 g/mol. The van der Waals surface area contributed by atoms with Crippen LogP contribution in [0.2, 0.25) is 0 Å².